The maximum absolute atomic E-state index is 12.0. The third kappa shape index (κ3) is 4.14. The Balaban J connectivity index is 1.86. The smallest absolute Gasteiger partial charge is 0.222 e. The van der Waals surface area contributed by atoms with Gasteiger partial charge in [-0.3, -0.25) is 9.00 Å². The zero-order chi connectivity index (χ0) is 13.8. The highest BCUT2D eigenvalue weighted by atomic mass is 79.9. The average molecular weight is 344 g/mol. The molecule has 3 nitrogen and oxygen atoms in total. The minimum absolute atomic E-state index is 0.178. The van der Waals surface area contributed by atoms with E-state index in [1.165, 1.54) is 11.1 Å². The first kappa shape index (κ1) is 14.7. The van der Waals surface area contributed by atoms with Crippen LogP contribution in [-0.4, -0.2) is 39.6 Å². The summed E-state index contributed by atoms with van der Waals surface area (Å²) in [6, 6.07) is 6.19. The highest BCUT2D eigenvalue weighted by Gasteiger charge is 2.19. The van der Waals surface area contributed by atoms with Crippen LogP contribution in [0.4, 0.5) is 0 Å². The van der Waals surface area contributed by atoms with Crippen molar-refractivity contribution in [3.63, 3.8) is 0 Å². The Bertz CT molecular complexity index is 494. The fourth-order valence-electron chi connectivity index (χ4n) is 2.16. The van der Waals surface area contributed by atoms with Crippen LogP contribution in [0, 0.1) is 6.92 Å². The Kier molecular flexibility index (Phi) is 5.16. The van der Waals surface area contributed by atoms with Crippen LogP contribution in [0.3, 0.4) is 0 Å². The fourth-order valence-corrected chi connectivity index (χ4v) is 3.46. The van der Waals surface area contributed by atoms with E-state index in [-0.39, 0.29) is 5.91 Å². The van der Waals surface area contributed by atoms with Crippen LogP contribution in [0.1, 0.15) is 17.5 Å². The second kappa shape index (κ2) is 6.66. The number of halogens is 1. The van der Waals surface area contributed by atoms with E-state index in [1.54, 1.807) is 0 Å². The summed E-state index contributed by atoms with van der Waals surface area (Å²) < 4.78 is 12.3. The zero-order valence-electron chi connectivity index (χ0n) is 11.0. The van der Waals surface area contributed by atoms with Gasteiger partial charge in [0.2, 0.25) is 5.91 Å². The molecule has 0 saturated carbocycles. The normalized spacial score (nSPS) is 16.6. The molecule has 1 heterocycles. The van der Waals surface area contributed by atoms with Gasteiger partial charge in [-0.05, 0) is 30.5 Å². The lowest BCUT2D eigenvalue weighted by atomic mass is 10.1. The van der Waals surface area contributed by atoms with Crippen molar-refractivity contribution < 1.29 is 9.00 Å². The van der Waals surface area contributed by atoms with Crippen LogP contribution >= 0.6 is 15.9 Å². The lowest BCUT2D eigenvalue weighted by Gasteiger charge is -2.26. The molecule has 1 aromatic rings. The molecule has 1 amide bonds. The first-order valence-corrected chi connectivity index (χ1v) is 8.72. The van der Waals surface area contributed by atoms with E-state index >= 15 is 0 Å². The van der Waals surface area contributed by atoms with Gasteiger partial charge in [-0.2, -0.15) is 0 Å². The molecule has 0 unspecified atom stereocenters. The van der Waals surface area contributed by atoms with Gasteiger partial charge in [0.25, 0.3) is 0 Å². The Hall–Kier alpha value is -0.680. The predicted octanol–water partition coefficient (Wildman–Crippen LogP) is 2.28. The van der Waals surface area contributed by atoms with Crippen LogP contribution in [-0.2, 0) is 22.0 Å². The van der Waals surface area contributed by atoms with Gasteiger partial charge in [0.05, 0.1) is 0 Å². The highest BCUT2D eigenvalue weighted by molar-refractivity contribution is 9.10. The van der Waals surface area contributed by atoms with Crippen molar-refractivity contribution in [2.45, 2.75) is 19.8 Å². The quantitative estimate of drug-likeness (QED) is 0.844. The molecule has 0 aromatic heterocycles. The van der Waals surface area contributed by atoms with E-state index in [2.05, 4.69) is 35.0 Å². The van der Waals surface area contributed by atoms with Gasteiger partial charge in [0.15, 0.2) is 0 Å². The molecule has 1 fully saturated rings. The fraction of sp³-hybridized carbons (Fsp3) is 0.500. The largest absolute Gasteiger partial charge is 0.341 e. The first-order chi connectivity index (χ1) is 9.06. The number of hydrogen-bond acceptors (Lipinski definition) is 2. The lowest BCUT2D eigenvalue weighted by Crippen LogP contribution is -2.41. The molecule has 1 aliphatic rings. The van der Waals surface area contributed by atoms with Gasteiger partial charge < -0.3 is 4.90 Å². The molecule has 0 aliphatic carbocycles. The molecular weight excluding hydrogens is 326 g/mol. The molecule has 0 N–H and O–H groups in total. The Morgan fingerprint density at radius 3 is 2.68 bits per heavy atom. The number of hydrogen-bond donors (Lipinski definition) is 0. The molecule has 1 aliphatic heterocycles. The van der Waals surface area contributed by atoms with Crippen LogP contribution in [0.2, 0.25) is 0 Å². The van der Waals surface area contributed by atoms with Crippen molar-refractivity contribution >= 4 is 32.6 Å². The van der Waals surface area contributed by atoms with Crippen molar-refractivity contribution in [3.05, 3.63) is 33.8 Å². The van der Waals surface area contributed by atoms with Crippen molar-refractivity contribution in [2.75, 3.05) is 24.6 Å². The summed E-state index contributed by atoms with van der Waals surface area (Å²) in [6.07, 6.45) is 1.31. The summed E-state index contributed by atoms with van der Waals surface area (Å²) in [7, 11) is -0.722. The van der Waals surface area contributed by atoms with Crippen molar-refractivity contribution in [1.82, 2.24) is 4.90 Å². The minimum atomic E-state index is -0.722. The van der Waals surface area contributed by atoms with E-state index < -0.39 is 10.8 Å². The van der Waals surface area contributed by atoms with Gasteiger partial charge in [-0.15, -0.1) is 0 Å². The molecule has 104 valence electrons. The third-order valence-electron chi connectivity index (χ3n) is 3.38. The molecule has 19 heavy (non-hydrogen) atoms. The lowest BCUT2D eigenvalue weighted by molar-refractivity contribution is -0.130. The van der Waals surface area contributed by atoms with Crippen molar-refractivity contribution in [3.8, 4) is 0 Å². The molecule has 5 heteroatoms. The molecule has 2 rings (SSSR count). The second-order valence-electron chi connectivity index (χ2n) is 4.81. The Labute approximate surface area is 125 Å². The van der Waals surface area contributed by atoms with Crippen molar-refractivity contribution in [2.24, 2.45) is 0 Å². The SMILES string of the molecule is Cc1cc(CCC(=O)N2CCS(=O)CC2)ccc1Br. The molecule has 0 spiro atoms. The maximum atomic E-state index is 12.0. The molecule has 0 bridgehead atoms. The minimum Gasteiger partial charge on any atom is -0.341 e. The Morgan fingerprint density at radius 2 is 2.05 bits per heavy atom. The van der Waals surface area contributed by atoms with Gasteiger partial charge in [0, 0.05) is 46.3 Å². The van der Waals surface area contributed by atoms with E-state index in [0.717, 1.165) is 10.9 Å². The number of amides is 1. The average Bonchev–Trinajstić information content (AvgIpc) is 2.40. The summed E-state index contributed by atoms with van der Waals surface area (Å²) >= 11 is 3.47. The number of benzene rings is 1. The zero-order valence-corrected chi connectivity index (χ0v) is 13.4. The molecular formula is C14H18BrNO2S. The summed E-state index contributed by atoms with van der Waals surface area (Å²) in [5.41, 5.74) is 2.38. The highest BCUT2D eigenvalue weighted by Crippen LogP contribution is 2.18. The van der Waals surface area contributed by atoms with E-state index in [0.29, 0.717) is 31.0 Å². The summed E-state index contributed by atoms with van der Waals surface area (Å²) in [4.78, 5) is 13.9. The number of carbonyl (C=O) groups is 1. The number of aryl methyl sites for hydroxylation is 2. The van der Waals surface area contributed by atoms with Crippen molar-refractivity contribution in [1.29, 1.82) is 0 Å². The monoisotopic (exact) mass is 343 g/mol. The molecule has 1 aromatic carbocycles. The van der Waals surface area contributed by atoms with Crippen LogP contribution in [0.25, 0.3) is 0 Å². The number of nitrogens with zero attached hydrogens (tertiary/aromatic N) is 1. The van der Waals surface area contributed by atoms with Gasteiger partial charge in [-0.25, -0.2) is 0 Å². The predicted molar refractivity (Wildman–Crippen MR) is 81.7 cm³/mol. The summed E-state index contributed by atoms with van der Waals surface area (Å²) in [5, 5.41) is 0. The van der Waals surface area contributed by atoms with E-state index in [9.17, 15) is 9.00 Å². The van der Waals surface area contributed by atoms with Gasteiger partial charge in [0.1, 0.15) is 0 Å². The molecule has 0 radical (unpaired) electrons. The molecule has 1 saturated heterocycles. The Morgan fingerprint density at radius 1 is 1.37 bits per heavy atom. The van der Waals surface area contributed by atoms with Crippen LogP contribution in [0.15, 0.2) is 22.7 Å². The van der Waals surface area contributed by atoms with Gasteiger partial charge in [-0.1, -0.05) is 28.1 Å². The van der Waals surface area contributed by atoms with Crippen LogP contribution < -0.4 is 0 Å². The number of rotatable bonds is 3. The standard InChI is InChI=1S/C14H18BrNO2S/c1-11-10-12(2-4-13(11)15)3-5-14(17)16-6-8-19(18)9-7-16/h2,4,10H,3,5-9H2,1H3. The third-order valence-corrected chi connectivity index (χ3v) is 5.55. The number of carbonyl (C=O) groups excluding carboxylic acids is 1. The van der Waals surface area contributed by atoms with E-state index in [4.69, 9.17) is 0 Å². The van der Waals surface area contributed by atoms with E-state index in [1.807, 2.05) is 11.0 Å². The second-order valence-corrected chi connectivity index (χ2v) is 7.36. The molecule has 0 atom stereocenters. The van der Waals surface area contributed by atoms with Gasteiger partial charge >= 0.3 is 0 Å². The summed E-state index contributed by atoms with van der Waals surface area (Å²) in [6.45, 7) is 3.34. The maximum Gasteiger partial charge on any atom is 0.222 e. The topological polar surface area (TPSA) is 37.4 Å². The van der Waals surface area contributed by atoms with Crippen LogP contribution in [0.5, 0.6) is 0 Å². The summed E-state index contributed by atoms with van der Waals surface area (Å²) in [5.74, 6) is 1.43. The first-order valence-electron chi connectivity index (χ1n) is 6.44.